The first-order valence-electron chi connectivity index (χ1n) is 13.9. The van der Waals surface area contributed by atoms with Crippen molar-refractivity contribution in [1.82, 2.24) is 0 Å². The summed E-state index contributed by atoms with van der Waals surface area (Å²) in [6.07, 6.45) is 28.1. The number of hydrogen-bond acceptors (Lipinski definition) is 1. The van der Waals surface area contributed by atoms with Crippen molar-refractivity contribution in [2.45, 2.75) is 103 Å². The molecule has 0 atom stereocenters. The molecule has 0 heterocycles. The minimum atomic E-state index is -0.715. The summed E-state index contributed by atoms with van der Waals surface area (Å²) in [7, 11) is 0. The van der Waals surface area contributed by atoms with E-state index in [-0.39, 0.29) is 0 Å². The lowest BCUT2D eigenvalue weighted by Crippen LogP contribution is -2.14. The van der Waals surface area contributed by atoms with E-state index >= 15 is 0 Å². The molecule has 0 amide bonds. The molecule has 2 fully saturated rings. The van der Waals surface area contributed by atoms with Gasteiger partial charge in [0.2, 0.25) is 0 Å². The zero-order chi connectivity index (χ0) is 24.0. The fourth-order valence-electron chi connectivity index (χ4n) is 5.71. The van der Waals surface area contributed by atoms with Gasteiger partial charge in [-0.2, -0.15) is 9.65 Å². The van der Waals surface area contributed by atoms with Crippen molar-refractivity contribution in [1.29, 1.82) is 5.26 Å². The highest BCUT2D eigenvalue weighted by Gasteiger charge is 2.22. The van der Waals surface area contributed by atoms with Gasteiger partial charge in [-0.1, -0.05) is 81.2 Å². The highest BCUT2D eigenvalue weighted by atomic mass is 19.1. The molecule has 0 spiro atoms. The maximum atomic E-state index is 12.9. The number of allylic oxidation sites excluding steroid dienone is 6. The van der Waals surface area contributed by atoms with Gasteiger partial charge in [0.25, 0.3) is 0 Å². The van der Waals surface area contributed by atoms with Crippen LogP contribution in [0, 0.1) is 29.1 Å². The van der Waals surface area contributed by atoms with Gasteiger partial charge in [0.05, 0.1) is 0 Å². The van der Waals surface area contributed by atoms with Crippen molar-refractivity contribution in [2.75, 3.05) is 0 Å². The maximum absolute atomic E-state index is 12.9. The number of hydrogen-bond donors (Lipinski definition) is 0. The number of nitriles is 1. The summed E-state index contributed by atoms with van der Waals surface area (Å²) < 4.78 is 12.9. The van der Waals surface area contributed by atoms with Gasteiger partial charge in [-0.15, -0.1) is 0 Å². The number of benzene rings is 1. The Hall–Kier alpha value is -2.14. The van der Waals surface area contributed by atoms with Crippen molar-refractivity contribution in [3.05, 3.63) is 71.6 Å². The Morgan fingerprint density at radius 1 is 0.824 bits per heavy atom. The van der Waals surface area contributed by atoms with Crippen LogP contribution in [-0.4, -0.2) is 0 Å². The number of aryl methyl sites for hydroxylation is 1. The van der Waals surface area contributed by atoms with Gasteiger partial charge < -0.3 is 0 Å². The van der Waals surface area contributed by atoms with Crippen LogP contribution >= 0.6 is 0 Å². The van der Waals surface area contributed by atoms with E-state index in [2.05, 4.69) is 49.4 Å². The third kappa shape index (κ3) is 9.25. The number of nitrogens with zero attached hydrogens (tertiary/aromatic N) is 1. The van der Waals surface area contributed by atoms with E-state index < -0.39 is 5.83 Å². The van der Waals surface area contributed by atoms with E-state index in [0.717, 1.165) is 24.7 Å². The van der Waals surface area contributed by atoms with Crippen LogP contribution in [0.5, 0.6) is 0 Å². The Bertz CT molecular complexity index is 825. The summed E-state index contributed by atoms with van der Waals surface area (Å²) >= 11 is 0. The Morgan fingerprint density at radius 2 is 1.38 bits per heavy atom. The lowest BCUT2D eigenvalue weighted by Gasteiger charge is -2.28. The van der Waals surface area contributed by atoms with E-state index in [9.17, 15) is 4.39 Å². The Balaban J connectivity index is 1.34. The van der Waals surface area contributed by atoms with Crippen LogP contribution in [-0.2, 0) is 6.42 Å². The maximum Gasteiger partial charge on any atom is 0.199 e. The van der Waals surface area contributed by atoms with Crippen molar-refractivity contribution < 1.29 is 4.39 Å². The molecule has 0 aromatic heterocycles. The molecule has 2 saturated carbocycles. The lowest BCUT2D eigenvalue weighted by atomic mass is 9.77. The van der Waals surface area contributed by atoms with Gasteiger partial charge in [0, 0.05) is 0 Å². The number of halogens is 1. The Kier molecular flexibility index (Phi) is 11.7. The largest absolute Gasteiger partial charge is 0.199 e. The van der Waals surface area contributed by atoms with E-state index in [1.165, 1.54) is 94.8 Å². The summed E-state index contributed by atoms with van der Waals surface area (Å²) in [5.74, 6) is 1.99. The SMILES string of the molecule is CCCCCCCc1ccc([C@H]2CC[C@H](/C=C/[C@H]3CC[C@H](C=CC=C(F)C#N)CC3)CC2)cc1. The van der Waals surface area contributed by atoms with E-state index in [0.29, 0.717) is 11.8 Å². The highest BCUT2D eigenvalue weighted by Crippen LogP contribution is 2.37. The quantitative estimate of drug-likeness (QED) is 0.139. The fourth-order valence-corrected chi connectivity index (χ4v) is 5.71. The van der Waals surface area contributed by atoms with Gasteiger partial charge in [0.1, 0.15) is 6.07 Å². The van der Waals surface area contributed by atoms with E-state index in [4.69, 9.17) is 5.26 Å². The number of rotatable bonds is 11. The smallest absolute Gasteiger partial charge is 0.195 e. The average molecular weight is 462 g/mol. The fraction of sp³-hybridized carbons (Fsp3) is 0.594. The molecule has 0 saturated heterocycles. The van der Waals surface area contributed by atoms with Gasteiger partial charge in [0.15, 0.2) is 5.83 Å². The molecule has 3 rings (SSSR count). The molecular weight excluding hydrogens is 417 g/mol. The molecule has 0 radical (unpaired) electrons. The predicted octanol–water partition coefficient (Wildman–Crippen LogP) is 9.77. The summed E-state index contributed by atoms with van der Waals surface area (Å²) in [6, 6.07) is 11.1. The molecule has 1 aromatic rings. The van der Waals surface area contributed by atoms with Crippen LogP contribution in [0.3, 0.4) is 0 Å². The molecule has 2 aliphatic carbocycles. The molecule has 1 nitrogen and oxygen atoms in total. The predicted molar refractivity (Wildman–Crippen MR) is 142 cm³/mol. The van der Waals surface area contributed by atoms with Gasteiger partial charge in [-0.25, -0.2) is 0 Å². The molecule has 0 N–H and O–H groups in total. The van der Waals surface area contributed by atoms with Crippen LogP contribution in [0.2, 0.25) is 0 Å². The van der Waals surface area contributed by atoms with Crippen LogP contribution in [0.15, 0.2) is 60.5 Å². The van der Waals surface area contributed by atoms with Gasteiger partial charge in [-0.3, -0.25) is 0 Å². The second-order valence-electron chi connectivity index (χ2n) is 10.6. The Morgan fingerprint density at radius 3 is 1.97 bits per heavy atom. The summed E-state index contributed by atoms with van der Waals surface area (Å²) in [5, 5.41) is 8.47. The monoisotopic (exact) mass is 461 g/mol. The third-order valence-electron chi connectivity index (χ3n) is 8.00. The van der Waals surface area contributed by atoms with Crippen molar-refractivity contribution in [3.63, 3.8) is 0 Å². The molecule has 1 aromatic carbocycles. The van der Waals surface area contributed by atoms with Crippen molar-refractivity contribution in [2.24, 2.45) is 17.8 Å². The van der Waals surface area contributed by atoms with Crippen LogP contribution in [0.25, 0.3) is 0 Å². The summed E-state index contributed by atoms with van der Waals surface area (Å²) in [5.41, 5.74) is 3.06. The topological polar surface area (TPSA) is 23.8 Å². The number of unbranched alkanes of at least 4 members (excludes halogenated alkanes) is 4. The first-order chi connectivity index (χ1) is 16.7. The second-order valence-corrected chi connectivity index (χ2v) is 10.6. The van der Waals surface area contributed by atoms with Crippen LogP contribution in [0.1, 0.15) is 107 Å². The van der Waals surface area contributed by atoms with Gasteiger partial charge in [-0.05, 0) is 105 Å². The zero-order valence-electron chi connectivity index (χ0n) is 21.2. The second kappa shape index (κ2) is 15.0. The summed E-state index contributed by atoms with van der Waals surface area (Å²) in [6.45, 7) is 2.28. The van der Waals surface area contributed by atoms with Crippen molar-refractivity contribution in [3.8, 4) is 6.07 Å². The molecule has 184 valence electrons. The van der Waals surface area contributed by atoms with Crippen molar-refractivity contribution >= 4 is 0 Å². The molecular formula is C32H44FN. The van der Waals surface area contributed by atoms with Crippen LogP contribution in [0.4, 0.5) is 4.39 Å². The lowest BCUT2D eigenvalue weighted by molar-refractivity contribution is 0.348. The standard InChI is InChI=1S/C32H44FN/c1-2-3-4-5-6-8-26-17-21-30(22-18-26)31-23-19-29(20-24-31)16-15-28-13-11-27(12-14-28)9-7-10-32(33)25-34/h7,9-10,15-18,21-22,27-29,31H,2-6,8,11-14,19-20,23-24H2,1H3/b9-7?,16-15+,32-10?/t27-,28-,29-,31-. The molecule has 2 heteroatoms. The first kappa shape index (κ1) is 26.5. The molecule has 2 aliphatic rings. The molecule has 0 aliphatic heterocycles. The summed E-state index contributed by atoms with van der Waals surface area (Å²) in [4.78, 5) is 0. The molecule has 34 heavy (non-hydrogen) atoms. The normalized spacial score (nSPS) is 26.2. The molecule has 0 unspecified atom stereocenters. The van der Waals surface area contributed by atoms with E-state index in [1.54, 1.807) is 11.6 Å². The average Bonchev–Trinajstić information content (AvgIpc) is 2.88. The Labute approximate surface area is 207 Å². The minimum absolute atomic E-state index is 0.523. The zero-order valence-corrected chi connectivity index (χ0v) is 21.2. The third-order valence-corrected chi connectivity index (χ3v) is 8.00. The highest BCUT2D eigenvalue weighted by molar-refractivity contribution is 5.26. The van der Waals surface area contributed by atoms with Gasteiger partial charge >= 0.3 is 0 Å². The first-order valence-corrected chi connectivity index (χ1v) is 13.9. The van der Waals surface area contributed by atoms with Crippen LogP contribution < -0.4 is 0 Å². The minimum Gasteiger partial charge on any atom is -0.195 e. The van der Waals surface area contributed by atoms with E-state index in [1.807, 2.05) is 0 Å². The molecule has 0 bridgehead atoms.